The molecule has 2 aromatic rings. The van der Waals surface area contributed by atoms with Crippen molar-refractivity contribution in [1.82, 2.24) is 0 Å². The number of hydrogen-bond acceptors (Lipinski definition) is 3. The van der Waals surface area contributed by atoms with Gasteiger partial charge in [-0.05, 0) is 69.7 Å². The summed E-state index contributed by atoms with van der Waals surface area (Å²) >= 11 is 5.68. The average Bonchev–Trinajstić information content (AvgIpc) is 2.73. The van der Waals surface area contributed by atoms with E-state index in [9.17, 15) is 4.79 Å². The molecule has 2 N–H and O–H groups in total. The first-order valence-corrected chi connectivity index (χ1v) is 7.36. The molecular formula is C13H11BrINO3. The first-order chi connectivity index (χ1) is 8.97. The number of rotatable bonds is 4. The van der Waals surface area contributed by atoms with Crippen LogP contribution in [0.1, 0.15) is 21.9 Å². The maximum atomic E-state index is 10.8. The molecule has 0 unspecified atom stereocenters. The zero-order valence-corrected chi connectivity index (χ0v) is 13.8. The second-order valence-electron chi connectivity index (χ2n) is 3.98. The summed E-state index contributed by atoms with van der Waals surface area (Å²) in [5.41, 5.74) is 1.82. The van der Waals surface area contributed by atoms with Gasteiger partial charge in [0, 0.05) is 25.8 Å². The molecule has 1 aromatic heterocycles. The fourth-order valence-electron chi connectivity index (χ4n) is 1.60. The molecular weight excluding hydrogens is 425 g/mol. The zero-order valence-electron chi connectivity index (χ0n) is 10.0. The van der Waals surface area contributed by atoms with E-state index < -0.39 is 5.97 Å². The summed E-state index contributed by atoms with van der Waals surface area (Å²) in [6, 6.07) is 7.49. The Morgan fingerprint density at radius 2 is 2.21 bits per heavy atom. The van der Waals surface area contributed by atoms with Gasteiger partial charge in [0.25, 0.3) is 0 Å². The number of carbonyl (C=O) groups is 1. The van der Waals surface area contributed by atoms with Gasteiger partial charge in [0.15, 0.2) is 0 Å². The van der Waals surface area contributed by atoms with Crippen molar-refractivity contribution in [3.05, 3.63) is 49.4 Å². The molecule has 0 saturated heterocycles. The van der Waals surface area contributed by atoms with Crippen molar-refractivity contribution in [2.75, 3.05) is 5.32 Å². The van der Waals surface area contributed by atoms with Crippen molar-refractivity contribution in [2.45, 2.75) is 13.5 Å². The van der Waals surface area contributed by atoms with Crippen molar-refractivity contribution in [2.24, 2.45) is 0 Å². The van der Waals surface area contributed by atoms with Crippen LogP contribution in [0.25, 0.3) is 0 Å². The van der Waals surface area contributed by atoms with Crippen LogP contribution in [0.4, 0.5) is 5.69 Å². The molecule has 0 radical (unpaired) electrons. The molecule has 0 amide bonds. The summed E-state index contributed by atoms with van der Waals surface area (Å²) in [5.74, 6) is -0.455. The lowest BCUT2D eigenvalue weighted by molar-refractivity contribution is 0.0661. The molecule has 0 aliphatic heterocycles. The summed E-state index contributed by atoms with van der Waals surface area (Å²) in [7, 11) is 0. The SMILES string of the molecule is Cc1oc(C(=O)O)cc1CNc1ccc(Br)c(I)c1. The van der Waals surface area contributed by atoms with Gasteiger partial charge in [-0.15, -0.1) is 0 Å². The number of halogens is 2. The van der Waals surface area contributed by atoms with Crippen LogP contribution in [0, 0.1) is 10.5 Å². The average molecular weight is 436 g/mol. The standard InChI is InChI=1S/C13H11BrINO3/c1-7-8(4-12(19-7)13(17)18)6-16-9-2-3-10(14)11(15)5-9/h2-5,16H,6H2,1H3,(H,17,18). The molecule has 2 rings (SSSR count). The van der Waals surface area contributed by atoms with Gasteiger partial charge in [0.2, 0.25) is 5.76 Å². The highest BCUT2D eigenvalue weighted by Crippen LogP contribution is 2.23. The van der Waals surface area contributed by atoms with E-state index in [1.807, 2.05) is 18.2 Å². The van der Waals surface area contributed by atoms with Crippen molar-refractivity contribution < 1.29 is 14.3 Å². The fraction of sp³-hybridized carbons (Fsp3) is 0.154. The number of nitrogens with one attached hydrogen (secondary N) is 1. The minimum Gasteiger partial charge on any atom is -0.475 e. The molecule has 1 aromatic carbocycles. The minimum absolute atomic E-state index is 0.0281. The van der Waals surface area contributed by atoms with Crippen LogP contribution in [0.5, 0.6) is 0 Å². The zero-order chi connectivity index (χ0) is 14.0. The predicted octanol–water partition coefficient (Wildman–Crippen LogP) is 4.27. The number of aryl methyl sites for hydroxylation is 1. The third-order valence-corrected chi connectivity index (χ3v) is 4.96. The lowest BCUT2D eigenvalue weighted by atomic mass is 10.2. The highest BCUT2D eigenvalue weighted by Gasteiger charge is 2.12. The van der Waals surface area contributed by atoms with Crippen molar-refractivity contribution in [3.8, 4) is 0 Å². The van der Waals surface area contributed by atoms with E-state index in [2.05, 4.69) is 43.8 Å². The van der Waals surface area contributed by atoms with Gasteiger partial charge >= 0.3 is 5.97 Å². The number of aromatic carboxylic acids is 1. The third kappa shape index (κ3) is 3.50. The Balaban J connectivity index is 2.09. The van der Waals surface area contributed by atoms with Gasteiger partial charge in [0.05, 0.1) is 0 Å². The highest BCUT2D eigenvalue weighted by atomic mass is 127. The van der Waals surface area contributed by atoms with Crippen LogP contribution in [0.2, 0.25) is 0 Å². The van der Waals surface area contributed by atoms with Gasteiger partial charge in [0.1, 0.15) is 5.76 Å². The number of carboxylic acids is 1. The molecule has 100 valence electrons. The Morgan fingerprint density at radius 1 is 1.47 bits per heavy atom. The lowest BCUT2D eigenvalue weighted by Crippen LogP contribution is -2.00. The van der Waals surface area contributed by atoms with Crippen LogP contribution >= 0.6 is 38.5 Å². The molecule has 0 aliphatic carbocycles. The molecule has 19 heavy (non-hydrogen) atoms. The monoisotopic (exact) mass is 435 g/mol. The van der Waals surface area contributed by atoms with Crippen LogP contribution in [0.15, 0.2) is 33.2 Å². The Kier molecular flexibility index (Phi) is 4.51. The summed E-state index contributed by atoms with van der Waals surface area (Å²) in [4.78, 5) is 10.8. The Hall–Kier alpha value is -1.02. The third-order valence-electron chi connectivity index (χ3n) is 2.63. The van der Waals surface area contributed by atoms with Gasteiger partial charge in [-0.1, -0.05) is 0 Å². The second-order valence-corrected chi connectivity index (χ2v) is 6.00. The predicted molar refractivity (Wildman–Crippen MR) is 84.6 cm³/mol. The Morgan fingerprint density at radius 3 is 2.79 bits per heavy atom. The maximum Gasteiger partial charge on any atom is 0.371 e. The second kappa shape index (κ2) is 5.96. The molecule has 0 atom stereocenters. The molecule has 0 fully saturated rings. The first-order valence-electron chi connectivity index (χ1n) is 5.49. The van der Waals surface area contributed by atoms with Crippen LogP contribution in [0.3, 0.4) is 0 Å². The van der Waals surface area contributed by atoms with Crippen molar-refractivity contribution in [1.29, 1.82) is 0 Å². The van der Waals surface area contributed by atoms with Gasteiger partial charge < -0.3 is 14.8 Å². The van der Waals surface area contributed by atoms with E-state index in [0.717, 1.165) is 19.3 Å². The molecule has 0 saturated carbocycles. The van der Waals surface area contributed by atoms with Crippen molar-refractivity contribution in [3.63, 3.8) is 0 Å². The number of furan rings is 1. The normalized spacial score (nSPS) is 10.5. The van der Waals surface area contributed by atoms with E-state index >= 15 is 0 Å². The largest absolute Gasteiger partial charge is 0.475 e. The molecule has 1 heterocycles. The summed E-state index contributed by atoms with van der Waals surface area (Å²) in [5, 5.41) is 12.1. The van der Waals surface area contributed by atoms with Crippen LogP contribution in [-0.4, -0.2) is 11.1 Å². The Labute approximate surface area is 132 Å². The maximum absolute atomic E-state index is 10.8. The van der Waals surface area contributed by atoms with E-state index in [0.29, 0.717) is 12.3 Å². The van der Waals surface area contributed by atoms with Crippen LogP contribution in [-0.2, 0) is 6.54 Å². The number of benzene rings is 1. The van der Waals surface area contributed by atoms with E-state index in [1.165, 1.54) is 0 Å². The molecule has 0 aliphatic rings. The summed E-state index contributed by atoms with van der Waals surface area (Å²) in [6.07, 6.45) is 0. The van der Waals surface area contributed by atoms with E-state index in [1.54, 1.807) is 13.0 Å². The van der Waals surface area contributed by atoms with Gasteiger partial charge in [-0.3, -0.25) is 0 Å². The van der Waals surface area contributed by atoms with Gasteiger partial charge in [-0.2, -0.15) is 0 Å². The highest BCUT2D eigenvalue weighted by molar-refractivity contribution is 14.1. The van der Waals surface area contributed by atoms with E-state index in [-0.39, 0.29) is 5.76 Å². The first kappa shape index (κ1) is 14.4. The van der Waals surface area contributed by atoms with E-state index in [4.69, 9.17) is 9.52 Å². The number of anilines is 1. The smallest absolute Gasteiger partial charge is 0.371 e. The fourth-order valence-corrected chi connectivity index (χ4v) is 2.37. The number of hydrogen-bond donors (Lipinski definition) is 2. The van der Waals surface area contributed by atoms with Gasteiger partial charge in [-0.25, -0.2) is 4.79 Å². The number of carboxylic acid groups (broad SMARTS) is 1. The van der Waals surface area contributed by atoms with Crippen LogP contribution < -0.4 is 5.32 Å². The van der Waals surface area contributed by atoms with Crippen molar-refractivity contribution >= 4 is 50.2 Å². The molecule has 0 spiro atoms. The topological polar surface area (TPSA) is 62.5 Å². The summed E-state index contributed by atoms with van der Waals surface area (Å²) in [6.45, 7) is 2.29. The molecule has 6 heteroatoms. The summed E-state index contributed by atoms with van der Waals surface area (Å²) < 4.78 is 7.32. The molecule has 0 bridgehead atoms. The Bertz CT molecular complexity index is 624. The lowest BCUT2D eigenvalue weighted by Gasteiger charge is -2.06. The quantitative estimate of drug-likeness (QED) is 0.704. The molecule has 4 nitrogen and oxygen atoms in total. The minimum atomic E-state index is -1.05.